The van der Waals surface area contributed by atoms with Gasteiger partial charge in [-0.1, -0.05) is 6.07 Å². The number of carbonyl (C=O) groups excluding carboxylic acids is 2. The van der Waals surface area contributed by atoms with Crippen LogP contribution in [-0.2, 0) is 0 Å². The first-order chi connectivity index (χ1) is 11.7. The number of nitrogens with zero attached hydrogens (tertiary/aromatic N) is 3. The number of carbonyl (C=O) groups is 2. The molecule has 0 aromatic carbocycles. The van der Waals surface area contributed by atoms with Crippen molar-refractivity contribution in [3.63, 3.8) is 0 Å². The summed E-state index contributed by atoms with van der Waals surface area (Å²) in [6.45, 7) is 2.78. The van der Waals surface area contributed by atoms with Crippen molar-refractivity contribution in [3.05, 3.63) is 46.3 Å². The summed E-state index contributed by atoms with van der Waals surface area (Å²) in [6.07, 6.45) is 2.54. The van der Waals surface area contributed by atoms with Gasteiger partial charge >= 0.3 is 0 Å². The normalized spacial score (nSPS) is 15.0. The average Bonchev–Trinajstić information content (AvgIpc) is 3.05. The second-order valence-corrected chi connectivity index (χ2v) is 6.51. The van der Waals surface area contributed by atoms with Crippen molar-refractivity contribution in [2.24, 2.45) is 0 Å². The van der Waals surface area contributed by atoms with Gasteiger partial charge in [0, 0.05) is 39.4 Å². The zero-order chi connectivity index (χ0) is 16.9. The zero-order valence-electron chi connectivity index (χ0n) is 13.6. The van der Waals surface area contributed by atoms with Gasteiger partial charge in [-0.3, -0.25) is 9.59 Å². The van der Waals surface area contributed by atoms with Crippen molar-refractivity contribution >= 4 is 29.0 Å². The lowest BCUT2D eigenvalue weighted by molar-refractivity contribution is 0.0771. The Hall–Kier alpha value is -2.41. The van der Waals surface area contributed by atoms with Gasteiger partial charge in [-0.15, -0.1) is 11.3 Å². The molecule has 0 atom stereocenters. The summed E-state index contributed by atoms with van der Waals surface area (Å²) in [4.78, 5) is 33.7. The summed E-state index contributed by atoms with van der Waals surface area (Å²) < 4.78 is 0. The molecular formula is C17H20N4O2S. The molecule has 1 aliphatic heterocycles. The van der Waals surface area contributed by atoms with Crippen molar-refractivity contribution < 1.29 is 9.59 Å². The fourth-order valence-electron chi connectivity index (χ4n) is 2.85. The molecule has 0 aliphatic carbocycles. The van der Waals surface area contributed by atoms with Crippen LogP contribution < -0.4 is 10.2 Å². The van der Waals surface area contributed by atoms with Gasteiger partial charge in [-0.25, -0.2) is 4.98 Å². The molecule has 2 amide bonds. The van der Waals surface area contributed by atoms with E-state index < -0.39 is 0 Å². The third-order valence-corrected chi connectivity index (χ3v) is 4.93. The van der Waals surface area contributed by atoms with E-state index in [-0.39, 0.29) is 11.8 Å². The standard InChI is InChI=1S/C17H20N4O2S/c1-18-16(22)13-5-2-7-19-15(13)20-8-4-9-21(11-10-20)17(23)14-6-3-12-24-14/h2-3,5-7,12H,4,8-11H2,1H3,(H,18,22). The first-order valence-electron chi connectivity index (χ1n) is 7.95. The van der Waals surface area contributed by atoms with Crippen LogP contribution in [0.25, 0.3) is 0 Å². The highest BCUT2D eigenvalue weighted by Gasteiger charge is 2.23. The Balaban J connectivity index is 1.75. The molecule has 1 N–H and O–H groups in total. The predicted molar refractivity (Wildman–Crippen MR) is 94.7 cm³/mol. The molecule has 0 radical (unpaired) electrons. The summed E-state index contributed by atoms with van der Waals surface area (Å²) in [5.74, 6) is 0.621. The van der Waals surface area contributed by atoms with Crippen molar-refractivity contribution in [3.8, 4) is 0 Å². The summed E-state index contributed by atoms with van der Waals surface area (Å²) in [5, 5.41) is 4.57. The van der Waals surface area contributed by atoms with E-state index in [2.05, 4.69) is 15.2 Å². The lowest BCUT2D eigenvalue weighted by Gasteiger charge is -2.24. The summed E-state index contributed by atoms with van der Waals surface area (Å²) in [5.41, 5.74) is 0.568. The Morgan fingerprint density at radius 1 is 1.17 bits per heavy atom. The Bertz CT molecular complexity index is 717. The molecule has 24 heavy (non-hydrogen) atoms. The minimum Gasteiger partial charge on any atom is -0.355 e. The molecular weight excluding hydrogens is 324 g/mol. The minimum absolute atomic E-state index is 0.0828. The van der Waals surface area contributed by atoms with E-state index in [0.29, 0.717) is 24.5 Å². The van der Waals surface area contributed by atoms with E-state index in [1.807, 2.05) is 22.4 Å². The number of pyridine rings is 1. The largest absolute Gasteiger partial charge is 0.355 e. The Labute approximate surface area is 145 Å². The molecule has 3 heterocycles. The Morgan fingerprint density at radius 2 is 2.04 bits per heavy atom. The molecule has 0 spiro atoms. The molecule has 7 heteroatoms. The van der Waals surface area contributed by atoms with Gasteiger partial charge in [0.05, 0.1) is 10.4 Å². The van der Waals surface area contributed by atoms with Crippen LogP contribution in [0, 0.1) is 0 Å². The minimum atomic E-state index is -0.145. The highest BCUT2D eigenvalue weighted by atomic mass is 32.1. The number of nitrogens with one attached hydrogen (secondary N) is 1. The van der Waals surface area contributed by atoms with Crippen molar-refractivity contribution in [1.82, 2.24) is 15.2 Å². The summed E-state index contributed by atoms with van der Waals surface area (Å²) in [6, 6.07) is 7.29. The average molecular weight is 344 g/mol. The van der Waals surface area contributed by atoms with Crippen LogP contribution in [-0.4, -0.2) is 54.9 Å². The van der Waals surface area contributed by atoms with Crippen LogP contribution in [0.1, 0.15) is 26.5 Å². The maximum Gasteiger partial charge on any atom is 0.263 e. The van der Waals surface area contributed by atoms with Gasteiger partial charge in [0.2, 0.25) is 0 Å². The van der Waals surface area contributed by atoms with Crippen molar-refractivity contribution in [2.75, 3.05) is 38.1 Å². The van der Waals surface area contributed by atoms with Crippen LogP contribution >= 0.6 is 11.3 Å². The van der Waals surface area contributed by atoms with Gasteiger partial charge in [-0.05, 0) is 30.0 Å². The second-order valence-electron chi connectivity index (χ2n) is 5.56. The number of rotatable bonds is 3. The topological polar surface area (TPSA) is 65.5 Å². The van der Waals surface area contributed by atoms with Gasteiger partial charge in [-0.2, -0.15) is 0 Å². The lowest BCUT2D eigenvalue weighted by Crippen LogP contribution is -2.35. The fraction of sp³-hybridized carbons (Fsp3) is 0.353. The maximum atomic E-state index is 12.5. The second kappa shape index (κ2) is 7.44. The highest BCUT2D eigenvalue weighted by Crippen LogP contribution is 2.20. The number of amides is 2. The highest BCUT2D eigenvalue weighted by molar-refractivity contribution is 7.12. The number of aromatic nitrogens is 1. The first-order valence-corrected chi connectivity index (χ1v) is 8.83. The Kier molecular flexibility index (Phi) is 5.10. The van der Waals surface area contributed by atoms with Crippen LogP contribution in [0.15, 0.2) is 35.8 Å². The van der Waals surface area contributed by atoms with E-state index in [9.17, 15) is 9.59 Å². The van der Waals surface area contributed by atoms with Gasteiger partial charge in [0.25, 0.3) is 11.8 Å². The van der Waals surface area contributed by atoms with E-state index in [1.54, 1.807) is 25.4 Å². The molecule has 1 fully saturated rings. The predicted octanol–water partition coefficient (Wildman–Crippen LogP) is 1.86. The van der Waals surface area contributed by atoms with E-state index >= 15 is 0 Å². The fourth-order valence-corrected chi connectivity index (χ4v) is 3.54. The molecule has 0 bridgehead atoms. The summed E-state index contributed by atoms with van der Waals surface area (Å²) in [7, 11) is 1.61. The number of thiophene rings is 1. The van der Waals surface area contributed by atoms with Crippen LogP contribution in [0.3, 0.4) is 0 Å². The van der Waals surface area contributed by atoms with Gasteiger partial charge in [0.1, 0.15) is 5.82 Å². The molecule has 1 saturated heterocycles. The first kappa shape index (κ1) is 16.4. The van der Waals surface area contributed by atoms with Crippen LogP contribution in [0.4, 0.5) is 5.82 Å². The quantitative estimate of drug-likeness (QED) is 0.923. The molecule has 6 nitrogen and oxygen atoms in total. The van der Waals surface area contributed by atoms with Crippen LogP contribution in [0.2, 0.25) is 0 Å². The van der Waals surface area contributed by atoms with Crippen molar-refractivity contribution in [2.45, 2.75) is 6.42 Å². The maximum absolute atomic E-state index is 12.5. The SMILES string of the molecule is CNC(=O)c1cccnc1N1CCCN(C(=O)c2cccs2)CC1. The Morgan fingerprint density at radius 3 is 2.79 bits per heavy atom. The number of hydrogen-bond donors (Lipinski definition) is 1. The van der Waals surface area contributed by atoms with E-state index in [1.165, 1.54) is 11.3 Å². The number of anilines is 1. The third kappa shape index (κ3) is 3.41. The third-order valence-electron chi connectivity index (χ3n) is 4.07. The molecule has 3 rings (SSSR count). The zero-order valence-corrected chi connectivity index (χ0v) is 14.4. The van der Waals surface area contributed by atoms with Gasteiger partial charge < -0.3 is 15.1 Å². The number of hydrogen-bond acceptors (Lipinski definition) is 5. The van der Waals surface area contributed by atoms with E-state index in [4.69, 9.17) is 0 Å². The van der Waals surface area contributed by atoms with Crippen molar-refractivity contribution in [1.29, 1.82) is 0 Å². The molecule has 126 valence electrons. The van der Waals surface area contributed by atoms with Crippen LogP contribution in [0.5, 0.6) is 0 Å². The molecule has 2 aromatic rings. The molecule has 1 aliphatic rings. The monoisotopic (exact) mass is 344 g/mol. The lowest BCUT2D eigenvalue weighted by atomic mass is 10.2. The van der Waals surface area contributed by atoms with E-state index in [0.717, 1.165) is 24.4 Å². The summed E-state index contributed by atoms with van der Waals surface area (Å²) >= 11 is 1.47. The molecule has 2 aromatic heterocycles. The molecule has 0 saturated carbocycles. The molecule has 0 unspecified atom stereocenters. The smallest absolute Gasteiger partial charge is 0.263 e. The van der Waals surface area contributed by atoms with Gasteiger partial charge in [0.15, 0.2) is 0 Å².